The molecule has 0 spiro atoms. The number of carbonyl (C=O) groups is 3. The summed E-state index contributed by atoms with van der Waals surface area (Å²) in [5.41, 5.74) is 4.25. The van der Waals surface area contributed by atoms with Crippen molar-refractivity contribution in [3.63, 3.8) is 0 Å². The number of fused-ring (bicyclic) bond motifs is 1. The van der Waals surface area contributed by atoms with Crippen LogP contribution in [0.3, 0.4) is 0 Å². The molecule has 2 heterocycles. The van der Waals surface area contributed by atoms with Gasteiger partial charge in [0.1, 0.15) is 0 Å². The number of hydrogen-bond donors (Lipinski definition) is 1. The van der Waals surface area contributed by atoms with Crippen molar-refractivity contribution in [1.82, 2.24) is 0 Å². The highest BCUT2D eigenvalue weighted by molar-refractivity contribution is 6.21. The molecule has 154 valence electrons. The number of benzene rings is 2. The molecule has 0 aliphatic carbocycles. The molecule has 0 radical (unpaired) electrons. The molecule has 4 rings (SSSR count). The molecule has 6 heteroatoms. The molecule has 2 aromatic rings. The Bertz CT molecular complexity index is 1070. The van der Waals surface area contributed by atoms with Gasteiger partial charge in [-0.15, -0.1) is 0 Å². The zero-order valence-corrected chi connectivity index (χ0v) is 17.6. The molecule has 6 nitrogen and oxygen atoms in total. The van der Waals surface area contributed by atoms with Gasteiger partial charge in [0, 0.05) is 42.9 Å². The molecule has 0 bridgehead atoms. The first-order chi connectivity index (χ1) is 14.2. The average Bonchev–Trinajstić information content (AvgIpc) is 3.08. The van der Waals surface area contributed by atoms with E-state index in [0.29, 0.717) is 11.4 Å². The van der Waals surface area contributed by atoms with Crippen molar-refractivity contribution in [2.24, 2.45) is 5.92 Å². The number of allylic oxidation sites excluding steroid dienone is 1. The average molecular weight is 403 g/mol. The Balaban J connectivity index is 1.61. The topological polar surface area (TPSA) is 69.7 Å². The van der Waals surface area contributed by atoms with Crippen LogP contribution in [0.25, 0.3) is 0 Å². The van der Waals surface area contributed by atoms with Gasteiger partial charge >= 0.3 is 0 Å². The fraction of sp³-hybridized carbons (Fsp3) is 0.292. The van der Waals surface area contributed by atoms with Gasteiger partial charge in [0.25, 0.3) is 0 Å². The molecular formula is C24H25N3O3. The summed E-state index contributed by atoms with van der Waals surface area (Å²) < 4.78 is 0. The number of nitrogens with zero attached hydrogens (tertiary/aromatic N) is 2. The monoisotopic (exact) mass is 403 g/mol. The number of hydrogen-bond acceptors (Lipinski definition) is 4. The first-order valence-corrected chi connectivity index (χ1v) is 10.00. The van der Waals surface area contributed by atoms with Crippen molar-refractivity contribution in [3.05, 3.63) is 65.9 Å². The highest BCUT2D eigenvalue weighted by Gasteiger charge is 2.43. The van der Waals surface area contributed by atoms with Crippen LogP contribution in [-0.2, 0) is 19.8 Å². The van der Waals surface area contributed by atoms with Crippen molar-refractivity contribution in [2.45, 2.75) is 32.6 Å². The van der Waals surface area contributed by atoms with Gasteiger partial charge in [-0.25, -0.2) is 0 Å². The van der Waals surface area contributed by atoms with Crippen LogP contribution in [0, 0.1) is 5.92 Å². The Labute approximate surface area is 176 Å². The fourth-order valence-electron chi connectivity index (χ4n) is 4.45. The van der Waals surface area contributed by atoms with E-state index in [1.807, 2.05) is 25.3 Å². The number of likely N-dealkylation sites (N-methyl/N-ethyl adjacent to an activating group) is 1. The Morgan fingerprint density at radius 3 is 2.40 bits per heavy atom. The van der Waals surface area contributed by atoms with Crippen LogP contribution in [0.4, 0.5) is 17.1 Å². The lowest BCUT2D eigenvalue weighted by molar-refractivity contribution is -0.122. The van der Waals surface area contributed by atoms with Crippen LogP contribution in [0.15, 0.2) is 60.3 Å². The molecule has 0 aromatic heterocycles. The van der Waals surface area contributed by atoms with E-state index in [1.165, 1.54) is 17.4 Å². The maximum atomic E-state index is 13.1. The molecule has 2 aliphatic heterocycles. The summed E-state index contributed by atoms with van der Waals surface area (Å²) in [6.45, 7) is 5.71. The molecule has 2 aromatic carbocycles. The van der Waals surface area contributed by atoms with Gasteiger partial charge in [-0.3, -0.25) is 19.3 Å². The lowest BCUT2D eigenvalue weighted by atomic mass is 9.82. The summed E-state index contributed by atoms with van der Waals surface area (Å²) in [5, 5.41) is 2.68. The first-order valence-electron chi connectivity index (χ1n) is 10.00. The molecule has 2 aliphatic rings. The summed E-state index contributed by atoms with van der Waals surface area (Å²) >= 11 is 0. The van der Waals surface area contributed by atoms with E-state index in [-0.39, 0.29) is 29.6 Å². The SMILES string of the molecule is CC(=O)Nc1ccc(N2C(=O)C[C@H](/C=C3\N(C)c4ccccc4C3(C)C)C2=O)cc1. The zero-order valence-electron chi connectivity index (χ0n) is 17.6. The highest BCUT2D eigenvalue weighted by Crippen LogP contribution is 2.47. The van der Waals surface area contributed by atoms with E-state index < -0.39 is 5.92 Å². The van der Waals surface area contributed by atoms with E-state index in [9.17, 15) is 14.4 Å². The minimum Gasteiger partial charge on any atom is -0.347 e. The van der Waals surface area contributed by atoms with E-state index in [4.69, 9.17) is 0 Å². The minimum absolute atomic E-state index is 0.149. The summed E-state index contributed by atoms with van der Waals surface area (Å²) in [7, 11) is 2.00. The zero-order chi connectivity index (χ0) is 21.6. The lowest BCUT2D eigenvalue weighted by Gasteiger charge is -2.25. The van der Waals surface area contributed by atoms with Crippen molar-refractivity contribution in [2.75, 3.05) is 22.2 Å². The Hall–Kier alpha value is -3.41. The highest BCUT2D eigenvalue weighted by atomic mass is 16.2. The summed E-state index contributed by atoms with van der Waals surface area (Å²) in [6.07, 6.45) is 2.10. The molecule has 0 unspecified atom stereocenters. The predicted molar refractivity (Wildman–Crippen MR) is 117 cm³/mol. The van der Waals surface area contributed by atoms with E-state index in [2.05, 4.69) is 36.2 Å². The number of carbonyl (C=O) groups excluding carboxylic acids is 3. The van der Waals surface area contributed by atoms with Gasteiger partial charge in [-0.05, 0) is 35.9 Å². The third-order valence-electron chi connectivity index (χ3n) is 5.93. The number of amides is 3. The van der Waals surface area contributed by atoms with Crippen LogP contribution < -0.4 is 15.1 Å². The number of anilines is 3. The Morgan fingerprint density at radius 2 is 1.77 bits per heavy atom. The van der Waals surface area contributed by atoms with Crippen LogP contribution in [0.5, 0.6) is 0 Å². The van der Waals surface area contributed by atoms with Crippen molar-refractivity contribution < 1.29 is 14.4 Å². The first kappa shape index (κ1) is 19.9. The van der Waals surface area contributed by atoms with Crippen LogP contribution >= 0.6 is 0 Å². The van der Waals surface area contributed by atoms with Crippen LogP contribution in [0.2, 0.25) is 0 Å². The molecular weight excluding hydrogens is 378 g/mol. The number of nitrogens with one attached hydrogen (secondary N) is 1. The van der Waals surface area contributed by atoms with Gasteiger partial charge in [0.2, 0.25) is 17.7 Å². The van der Waals surface area contributed by atoms with Crippen molar-refractivity contribution >= 4 is 34.8 Å². The molecule has 1 fully saturated rings. The predicted octanol–water partition coefficient (Wildman–Crippen LogP) is 3.84. The third-order valence-corrected chi connectivity index (χ3v) is 5.93. The second-order valence-corrected chi connectivity index (χ2v) is 8.36. The second kappa shape index (κ2) is 7.13. The summed E-state index contributed by atoms with van der Waals surface area (Å²) in [4.78, 5) is 40.4. The van der Waals surface area contributed by atoms with Crippen molar-refractivity contribution in [1.29, 1.82) is 0 Å². The van der Waals surface area contributed by atoms with Crippen molar-refractivity contribution in [3.8, 4) is 0 Å². The van der Waals surface area contributed by atoms with E-state index >= 15 is 0 Å². The molecule has 1 N–H and O–H groups in total. The minimum atomic E-state index is -0.501. The number of para-hydroxylation sites is 1. The van der Waals surface area contributed by atoms with Crippen LogP contribution in [0.1, 0.15) is 32.8 Å². The smallest absolute Gasteiger partial charge is 0.241 e. The van der Waals surface area contributed by atoms with Gasteiger partial charge in [0.15, 0.2) is 0 Å². The molecule has 1 saturated heterocycles. The van der Waals surface area contributed by atoms with E-state index in [1.54, 1.807) is 24.3 Å². The lowest BCUT2D eigenvalue weighted by Crippen LogP contribution is -2.31. The number of imide groups is 1. The molecule has 1 atom stereocenters. The fourth-order valence-corrected chi connectivity index (χ4v) is 4.45. The Morgan fingerprint density at radius 1 is 1.10 bits per heavy atom. The largest absolute Gasteiger partial charge is 0.347 e. The van der Waals surface area contributed by atoms with Gasteiger partial charge < -0.3 is 10.2 Å². The molecule has 30 heavy (non-hydrogen) atoms. The standard InChI is InChI=1S/C24H25N3O3/c1-15(28)25-17-9-11-18(12-10-17)27-22(29)14-16(23(27)30)13-21-24(2,3)19-7-5-6-8-20(19)26(21)4/h5-13,16H,14H2,1-4H3,(H,25,28)/b21-13-/t16-/m0/s1. The Kier molecular flexibility index (Phi) is 4.73. The maximum Gasteiger partial charge on any atom is 0.241 e. The summed E-state index contributed by atoms with van der Waals surface area (Å²) in [6, 6.07) is 14.9. The normalized spacial score (nSPS) is 21.3. The van der Waals surface area contributed by atoms with Gasteiger partial charge in [0.05, 0.1) is 11.6 Å². The van der Waals surface area contributed by atoms with Crippen LogP contribution in [-0.4, -0.2) is 24.8 Å². The third kappa shape index (κ3) is 3.18. The second-order valence-electron chi connectivity index (χ2n) is 8.36. The van der Waals surface area contributed by atoms with Gasteiger partial charge in [-0.1, -0.05) is 38.1 Å². The number of rotatable bonds is 3. The maximum absolute atomic E-state index is 13.1. The quantitative estimate of drug-likeness (QED) is 0.791. The van der Waals surface area contributed by atoms with E-state index in [0.717, 1.165) is 11.4 Å². The molecule has 3 amide bonds. The molecule has 0 saturated carbocycles. The summed E-state index contributed by atoms with van der Waals surface area (Å²) in [5.74, 6) is -1.12. The van der Waals surface area contributed by atoms with Gasteiger partial charge in [-0.2, -0.15) is 0 Å².